The summed E-state index contributed by atoms with van der Waals surface area (Å²) >= 11 is 0. The Labute approximate surface area is 124 Å². The molecule has 3 aliphatic rings. The van der Waals surface area contributed by atoms with E-state index in [1.807, 2.05) is 0 Å². The van der Waals surface area contributed by atoms with Crippen molar-refractivity contribution in [2.24, 2.45) is 5.92 Å². The molecule has 20 heavy (non-hydrogen) atoms. The van der Waals surface area contributed by atoms with Gasteiger partial charge in [-0.1, -0.05) is 35.4 Å². The quantitative estimate of drug-likeness (QED) is 0.440. The molecule has 0 saturated carbocycles. The van der Waals surface area contributed by atoms with Crippen molar-refractivity contribution in [2.45, 2.75) is 49.3 Å². The number of hydrogen-bond donors (Lipinski definition) is 2. The molecule has 0 aromatic heterocycles. The molecule has 0 aliphatic carbocycles. The molecule has 2 N–H and O–H groups in total. The van der Waals surface area contributed by atoms with Gasteiger partial charge in [0, 0.05) is 11.7 Å². The number of carbonyl (C=O) groups excluding carboxylic acids is 1. The van der Waals surface area contributed by atoms with E-state index in [2.05, 4.69) is 6.92 Å². The van der Waals surface area contributed by atoms with Crippen molar-refractivity contribution in [3.05, 3.63) is 0 Å². The van der Waals surface area contributed by atoms with Gasteiger partial charge in [0.05, 0.1) is 6.61 Å². The maximum atomic E-state index is 12.1. The highest BCUT2D eigenvalue weighted by molar-refractivity contribution is 8.76. The molecule has 3 aliphatic heterocycles. The maximum absolute atomic E-state index is 12.1. The van der Waals surface area contributed by atoms with Gasteiger partial charge in [-0.2, -0.15) is 0 Å². The lowest BCUT2D eigenvalue weighted by molar-refractivity contribution is -0.252. The zero-order chi connectivity index (χ0) is 14.5. The fraction of sp³-hybridized carbons (Fsp3) is 0.917. The summed E-state index contributed by atoms with van der Waals surface area (Å²) in [6.07, 6.45) is -0.884. The summed E-state index contributed by atoms with van der Waals surface area (Å²) in [6.45, 7) is 3.82. The van der Waals surface area contributed by atoms with Crippen LogP contribution >= 0.6 is 21.6 Å². The first kappa shape index (κ1) is 14.9. The van der Waals surface area contributed by atoms with E-state index >= 15 is 0 Å². The van der Waals surface area contributed by atoms with Crippen LogP contribution in [0.2, 0.25) is 0 Å². The molecular weight excluding hydrogens is 304 g/mol. The minimum Gasteiger partial charge on any atom is -0.451 e. The van der Waals surface area contributed by atoms with Gasteiger partial charge in [-0.3, -0.25) is 0 Å². The molecule has 3 saturated heterocycles. The van der Waals surface area contributed by atoms with Crippen molar-refractivity contribution >= 4 is 27.6 Å². The molecule has 3 heterocycles. The van der Waals surface area contributed by atoms with Gasteiger partial charge in [-0.25, -0.2) is 4.79 Å². The smallest absolute Gasteiger partial charge is 0.345 e. The number of rotatable bonds is 4. The molecule has 1 spiro atoms. The number of esters is 1. The standard InChI is InChI=1S/C12H18O6S2/c1-3-4-19-20-9-6(2)11(15)10(14)17-8-7(13)5-16-12(8,11)18-9/h6-9,13,15H,3-5H2,1-2H3/t6-,7+,8-,9+,11-,12-/m1/s1. The third kappa shape index (κ3) is 1.72. The summed E-state index contributed by atoms with van der Waals surface area (Å²) in [5, 5.41) is 20.7. The number of carbonyl (C=O) groups is 1. The van der Waals surface area contributed by atoms with Crippen LogP contribution in [-0.2, 0) is 19.0 Å². The fourth-order valence-corrected chi connectivity index (χ4v) is 5.68. The molecule has 114 valence electrons. The predicted octanol–water partition coefficient (Wildman–Crippen LogP) is 0.514. The molecule has 0 unspecified atom stereocenters. The first-order chi connectivity index (χ1) is 9.47. The van der Waals surface area contributed by atoms with E-state index in [1.54, 1.807) is 17.7 Å². The van der Waals surface area contributed by atoms with Crippen LogP contribution in [0, 0.1) is 5.92 Å². The molecular formula is C12H18O6S2. The van der Waals surface area contributed by atoms with E-state index < -0.39 is 35.5 Å². The normalized spacial score (nSPS) is 50.1. The fourth-order valence-electron chi connectivity index (χ4n) is 2.93. The Balaban J connectivity index is 1.86. The molecule has 3 rings (SSSR count). The topological polar surface area (TPSA) is 85.2 Å². The second-order valence-electron chi connectivity index (χ2n) is 5.33. The molecule has 6 nitrogen and oxygen atoms in total. The number of aliphatic hydroxyl groups is 2. The van der Waals surface area contributed by atoms with E-state index in [0.717, 1.165) is 12.2 Å². The van der Waals surface area contributed by atoms with Crippen molar-refractivity contribution in [2.75, 3.05) is 12.4 Å². The van der Waals surface area contributed by atoms with Gasteiger partial charge in [-0.15, -0.1) is 0 Å². The van der Waals surface area contributed by atoms with E-state index in [-0.39, 0.29) is 12.0 Å². The monoisotopic (exact) mass is 322 g/mol. The zero-order valence-corrected chi connectivity index (χ0v) is 12.9. The third-order valence-corrected chi connectivity index (χ3v) is 6.96. The van der Waals surface area contributed by atoms with E-state index in [4.69, 9.17) is 14.2 Å². The summed E-state index contributed by atoms with van der Waals surface area (Å²) in [7, 11) is 3.12. The lowest BCUT2D eigenvalue weighted by atomic mass is 9.84. The van der Waals surface area contributed by atoms with Crippen molar-refractivity contribution in [1.29, 1.82) is 0 Å². The Bertz CT molecular complexity index is 421. The van der Waals surface area contributed by atoms with Gasteiger partial charge in [0.15, 0.2) is 6.10 Å². The number of aliphatic hydroxyl groups excluding tert-OH is 1. The maximum Gasteiger partial charge on any atom is 0.345 e. The second kappa shape index (κ2) is 5.03. The lowest BCUT2D eigenvalue weighted by Gasteiger charge is -2.29. The summed E-state index contributed by atoms with van der Waals surface area (Å²) in [5.74, 6) is -1.84. The van der Waals surface area contributed by atoms with Crippen molar-refractivity contribution in [1.82, 2.24) is 0 Å². The van der Waals surface area contributed by atoms with E-state index in [0.29, 0.717) is 0 Å². The molecule has 8 heteroatoms. The summed E-state index contributed by atoms with van der Waals surface area (Å²) in [5.41, 5.74) is -2.23. The van der Waals surface area contributed by atoms with Crippen LogP contribution in [0.15, 0.2) is 0 Å². The Hall–Kier alpha value is 0.01000. The Morgan fingerprint density at radius 3 is 2.95 bits per heavy atom. The number of hydrogen-bond acceptors (Lipinski definition) is 8. The van der Waals surface area contributed by atoms with Crippen LogP contribution in [0.1, 0.15) is 20.3 Å². The molecule has 0 aromatic carbocycles. The average Bonchev–Trinajstić information content (AvgIpc) is 2.92. The largest absolute Gasteiger partial charge is 0.451 e. The minimum atomic E-state index is -1.85. The molecule has 3 fully saturated rings. The van der Waals surface area contributed by atoms with Crippen LogP contribution in [0.3, 0.4) is 0 Å². The molecule has 0 aromatic rings. The summed E-state index contributed by atoms with van der Waals surface area (Å²) < 4.78 is 16.5. The Morgan fingerprint density at radius 1 is 1.50 bits per heavy atom. The van der Waals surface area contributed by atoms with Crippen LogP contribution in [0.5, 0.6) is 0 Å². The SMILES string of the molecule is CCCSS[C@@H]1O[C@]23OC[C@H](O)[C@H]2OC(=O)[C@]3(O)[C@@H]1C. The molecule has 6 atom stereocenters. The summed E-state index contributed by atoms with van der Waals surface area (Å²) in [6, 6.07) is 0. The van der Waals surface area contributed by atoms with Gasteiger partial charge in [-0.05, 0) is 6.42 Å². The second-order valence-corrected chi connectivity index (χ2v) is 7.92. The highest BCUT2D eigenvalue weighted by atomic mass is 33.1. The Morgan fingerprint density at radius 2 is 2.25 bits per heavy atom. The van der Waals surface area contributed by atoms with E-state index in [1.165, 1.54) is 10.8 Å². The van der Waals surface area contributed by atoms with Crippen molar-refractivity contribution in [3.8, 4) is 0 Å². The highest BCUT2D eigenvalue weighted by Gasteiger charge is 2.81. The van der Waals surface area contributed by atoms with Gasteiger partial charge in [0.25, 0.3) is 5.79 Å². The van der Waals surface area contributed by atoms with Crippen molar-refractivity contribution < 1.29 is 29.2 Å². The zero-order valence-electron chi connectivity index (χ0n) is 11.3. The first-order valence-electron chi connectivity index (χ1n) is 6.69. The van der Waals surface area contributed by atoms with Crippen LogP contribution in [0.25, 0.3) is 0 Å². The third-order valence-electron chi connectivity index (χ3n) is 4.08. The van der Waals surface area contributed by atoms with Gasteiger partial charge < -0.3 is 24.4 Å². The molecule has 0 bridgehead atoms. The predicted molar refractivity (Wildman–Crippen MR) is 73.9 cm³/mol. The van der Waals surface area contributed by atoms with Gasteiger partial charge >= 0.3 is 5.97 Å². The van der Waals surface area contributed by atoms with Crippen LogP contribution < -0.4 is 0 Å². The molecule has 0 amide bonds. The van der Waals surface area contributed by atoms with Crippen molar-refractivity contribution in [3.63, 3.8) is 0 Å². The van der Waals surface area contributed by atoms with Crippen LogP contribution in [0.4, 0.5) is 0 Å². The Kier molecular flexibility index (Phi) is 3.75. The van der Waals surface area contributed by atoms with Crippen LogP contribution in [-0.4, -0.2) is 57.6 Å². The number of ether oxygens (including phenoxy) is 3. The average molecular weight is 322 g/mol. The lowest BCUT2D eigenvalue weighted by Crippen LogP contribution is -2.57. The van der Waals surface area contributed by atoms with E-state index in [9.17, 15) is 15.0 Å². The highest BCUT2D eigenvalue weighted by Crippen LogP contribution is 2.58. The first-order valence-corrected chi connectivity index (χ1v) is 9.07. The summed E-state index contributed by atoms with van der Waals surface area (Å²) in [4.78, 5) is 12.1. The molecule has 0 radical (unpaired) electrons. The van der Waals surface area contributed by atoms with Gasteiger partial charge in [0.2, 0.25) is 5.60 Å². The minimum absolute atomic E-state index is 0.00747. The van der Waals surface area contributed by atoms with Gasteiger partial charge in [0.1, 0.15) is 11.5 Å².